The molecule has 0 aliphatic rings. The molecule has 0 spiro atoms. The van der Waals surface area contributed by atoms with Crippen LogP contribution in [-0.2, 0) is 6.61 Å². The molecule has 2 aromatic carbocycles. The van der Waals surface area contributed by atoms with E-state index in [-0.39, 0.29) is 12.4 Å². The van der Waals surface area contributed by atoms with Crippen molar-refractivity contribution in [3.63, 3.8) is 0 Å². The largest absolute Gasteiger partial charge is 0.497 e. The lowest BCUT2D eigenvalue weighted by molar-refractivity contribution is 0.287. The Kier molecular flexibility index (Phi) is 4.65. The molecule has 1 N–H and O–H groups in total. The van der Waals surface area contributed by atoms with E-state index in [1.165, 1.54) is 6.07 Å². The van der Waals surface area contributed by atoms with Gasteiger partial charge in [-0.25, -0.2) is 4.39 Å². The van der Waals surface area contributed by atoms with Gasteiger partial charge in [-0.1, -0.05) is 18.2 Å². The lowest BCUT2D eigenvalue weighted by Crippen LogP contribution is -1.98. The minimum absolute atomic E-state index is 0.103. The molecule has 0 aliphatic heterocycles. The van der Waals surface area contributed by atoms with Gasteiger partial charge in [-0.3, -0.25) is 5.10 Å². The number of benzene rings is 2. The molecule has 3 aromatic rings. The Morgan fingerprint density at radius 1 is 1.04 bits per heavy atom. The van der Waals surface area contributed by atoms with Crippen LogP contribution in [0.4, 0.5) is 4.39 Å². The number of aromatic nitrogens is 2. The highest BCUT2D eigenvalue weighted by Gasteiger charge is 2.12. The third-order valence-electron chi connectivity index (χ3n) is 3.58. The molecular formula is C18H17FN2O3. The highest BCUT2D eigenvalue weighted by molar-refractivity contribution is 5.69. The van der Waals surface area contributed by atoms with Crippen LogP contribution < -0.4 is 14.2 Å². The van der Waals surface area contributed by atoms with Crippen molar-refractivity contribution < 1.29 is 18.6 Å². The fourth-order valence-electron chi connectivity index (χ4n) is 2.31. The van der Waals surface area contributed by atoms with Gasteiger partial charge in [0, 0.05) is 17.2 Å². The van der Waals surface area contributed by atoms with Gasteiger partial charge < -0.3 is 14.2 Å². The van der Waals surface area contributed by atoms with E-state index in [1.807, 2.05) is 18.2 Å². The molecule has 24 heavy (non-hydrogen) atoms. The maximum absolute atomic E-state index is 13.6. The van der Waals surface area contributed by atoms with Gasteiger partial charge in [0.1, 0.15) is 23.9 Å². The van der Waals surface area contributed by atoms with Gasteiger partial charge in [-0.05, 0) is 24.3 Å². The lowest BCUT2D eigenvalue weighted by atomic mass is 10.1. The number of halogens is 1. The minimum Gasteiger partial charge on any atom is -0.497 e. The van der Waals surface area contributed by atoms with Crippen molar-refractivity contribution in [2.75, 3.05) is 14.2 Å². The second-order valence-corrected chi connectivity index (χ2v) is 5.07. The van der Waals surface area contributed by atoms with Crippen molar-refractivity contribution in [3.8, 4) is 28.6 Å². The summed E-state index contributed by atoms with van der Waals surface area (Å²) in [7, 11) is 3.19. The van der Waals surface area contributed by atoms with Crippen LogP contribution in [0.2, 0.25) is 0 Å². The molecular weight excluding hydrogens is 311 g/mol. The predicted octanol–water partition coefficient (Wildman–Crippen LogP) is 3.81. The summed E-state index contributed by atoms with van der Waals surface area (Å²) in [5.41, 5.74) is 1.99. The Balaban J connectivity index is 1.79. The zero-order valence-corrected chi connectivity index (χ0v) is 13.4. The maximum Gasteiger partial charge on any atom is 0.233 e. The highest BCUT2D eigenvalue weighted by atomic mass is 19.1. The van der Waals surface area contributed by atoms with Gasteiger partial charge in [-0.15, -0.1) is 5.10 Å². The summed E-state index contributed by atoms with van der Waals surface area (Å²) >= 11 is 0. The van der Waals surface area contributed by atoms with E-state index >= 15 is 0 Å². The molecule has 0 aliphatic carbocycles. The average molecular weight is 328 g/mol. The van der Waals surface area contributed by atoms with Gasteiger partial charge in [0.05, 0.1) is 19.9 Å². The van der Waals surface area contributed by atoms with Crippen molar-refractivity contribution in [3.05, 3.63) is 59.9 Å². The number of hydrogen-bond donors (Lipinski definition) is 1. The molecule has 3 rings (SSSR count). The van der Waals surface area contributed by atoms with E-state index in [2.05, 4.69) is 10.2 Å². The Labute approximate surface area is 139 Å². The van der Waals surface area contributed by atoms with Gasteiger partial charge >= 0.3 is 0 Å². The molecule has 0 amide bonds. The van der Waals surface area contributed by atoms with Crippen molar-refractivity contribution in [1.82, 2.24) is 10.2 Å². The molecule has 0 radical (unpaired) electrons. The Bertz CT molecular complexity index is 833. The fraction of sp³-hybridized carbons (Fsp3) is 0.167. The summed E-state index contributed by atoms with van der Waals surface area (Å²) < 4.78 is 29.8. The van der Waals surface area contributed by atoms with Crippen molar-refractivity contribution in [1.29, 1.82) is 0 Å². The molecule has 0 fully saturated rings. The number of nitrogens with one attached hydrogen (secondary N) is 1. The van der Waals surface area contributed by atoms with Gasteiger partial charge in [-0.2, -0.15) is 0 Å². The first kappa shape index (κ1) is 15.9. The monoisotopic (exact) mass is 328 g/mol. The first-order valence-corrected chi connectivity index (χ1v) is 7.35. The second kappa shape index (κ2) is 7.04. The summed E-state index contributed by atoms with van der Waals surface area (Å²) in [5.74, 6) is 1.45. The molecule has 1 aromatic heterocycles. The molecule has 5 nitrogen and oxygen atoms in total. The molecule has 0 atom stereocenters. The average Bonchev–Trinajstić information content (AvgIpc) is 3.09. The fourth-order valence-corrected chi connectivity index (χ4v) is 2.31. The van der Waals surface area contributed by atoms with Gasteiger partial charge in [0.25, 0.3) is 0 Å². The van der Waals surface area contributed by atoms with Crippen LogP contribution in [0.1, 0.15) is 5.56 Å². The SMILES string of the molecule is COc1ccc(OC)c(-c2cc(OCc3ccccc3F)n[nH]2)c1. The summed E-state index contributed by atoms with van der Waals surface area (Å²) in [6.07, 6.45) is 0. The molecule has 0 saturated carbocycles. The van der Waals surface area contributed by atoms with E-state index in [9.17, 15) is 4.39 Å². The van der Waals surface area contributed by atoms with Gasteiger partial charge in [0.2, 0.25) is 5.88 Å². The number of ether oxygens (including phenoxy) is 3. The summed E-state index contributed by atoms with van der Waals surface area (Å²) in [5, 5.41) is 7.00. The van der Waals surface area contributed by atoms with Crippen LogP contribution in [0.3, 0.4) is 0 Å². The van der Waals surface area contributed by atoms with E-state index < -0.39 is 0 Å². The Hall–Kier alpha value is -3.02. The van der Waals surface area contributed by atoms with Gasteiger partial charge in [0.15, 0.2) is 0 Å². The Morgan fingerprint density at radius 2 is 1.88 bits per heavy atom. The van der Waals surface area contributed by atoms with E-state index in [4.69, 9.17) is 14.2 Å². The molecule has 1 heterocycles. The molecule has 0 saturated heterocycles. The van der Waals surface area contributed by atoms with E-state index in [1.54, 1.807) is 38.5 Å². The first-order valence-electron chi connectivity index (χ1n) is 7.35. The second-order valence-electron chi connectivity index (χ2n) is 5.07. The number of nitrogens with zero attached hydrogens (tertiary/aromatic N) is 1. The van der Waals surface area contributed by atoms with Crippen LogP contribution >= 0.6 is 0 Å². The zero-order valence-electron chi connectivity index (χ0n) is 13.4. The quantitative estimate of drug-likeness (QED) is 0.747. The minimum atomic E-state index is -0.303. The van der Waals surface area contributed by atoms with E-state index in [0.717, 1.165) is 5.56 Å². The van der Waals surface area contributed by atoms with Crippen molar-refractivity contribution in [2.24, 2.45) is 0 Å². The van der Waals surface area contributed by atoms with Crippen molar-refractivity contribution in [2.45, 2.75) is 6.61 Å². The smallest absolute Gasteiger partial charge is 0.233 e. The summed E-state index contributed by atoms with van der Waals surface area (Å²) in [6.45, 7) is 0.103. The van der Waals surface area contributed by atoms with Crippen LogP contribution in [0.25, 0.3) is 11.3 Å². The Morgan fingerprint density at radius 3 is 2.62 bits per heavy atom. The third kappa shape index (κ3) is 3.32. The van der Waals surface area contributed by atoms with Crippen LogP contribution in [0.5, 0.6) is 17.4 Å². The number of methoxy groups -OCH3 is 2. The van der Waals surface area contributed by atoms with E-state index in [0.29, 0.717) is 28.6 Å². The number of hydrogen-bond acceptors (Lipinski definition) is 4. The molecule has 0 unspecified atom stereocenters. The zero-order chi connectivity index (χ0) is 16.9. The van der Waals surface area contributed by atoms with Crippen LogP contribution in [0.15, 0.2) is 48.5 Å². The van der Waals surface area contributed by atoms with Crippen LogP contribution in [0, 0.1) is 5.82 Å². The third-order valence-corrected chi connectivity index (χ3v) is 3.58. The topological polar surface area (TPSA) is 56.4 Å². The standard InChI is InChI=1S/C18H17FN2O3/c1-22-13-7-8-17(23-2)14(9-13)16-10-18(21-20-16)24-11-12-5-3-4-6-15(12)19/h3-10H,11H2,1-2H3,(H,20,21). The molecule has 6 heteroatoms. The lowest BCUT2D eigenvalue weighted by Gasteiger charge is -2.08. The maximum atomic E-state index is 13.6. The number of rotatable bonds is 6. The highest BCUT2D eigenvalue weighted by Crippen LogP contribution is 2.33. The molecule has 0 bridgehead atoms. The molecule has 124 valence electrons. The summed E-state index contributed by atoms with van der Waals surface area (Å²) in [6, 6.07) is 13.7. The first-order chi connectivity index (χ1) is 11.7. The number of H-pyrrole nitrogens is 1. The predicted molar refractivity (Wildman–Crippen MR) is 87.9 cm³/mol. The van der Waals surface area contributed by atoms with Crippen molar-refractivity contribution >= 4 is 0 Å². The number of aromatic amines is 1. The normalized spacial score (nSPS) is 10.5. The van der Waals surface area contributed by atoms with Crippen LogP contribution in [-0.4, -0.2) is 24.4 Å². The summed E-state index contributed by atoms with van der Waals surface area (Å²) in [4.78, 5) is 0.